The largest absolute Gasteiger partial charge is 0.279 e. The summed E-state index contributed by atoms with van der Waals surface area (Å²) < 4.78 is 28.1. The minimum Gasteiger partial charge on any atom is -0.279 e. The minimum absolute atomic E-state index is 0.223. The second-order valence-electron chi connectivity index (χ2n) is 5.84. The molecule has 0 unspecified atom stereocenters. The average molecular weight is 360 g/mol. The van der Waals surface area contributed by atoms with Crippen LogP contribution in [0.4, 0.5) is 5.69 Å². The molecular formula is C21H16N2O2S. The van der Waals surface area contributed by atoms with Crippen LogP contribution in [-0.2, 0) is 10.0 Å². The van der Waals surface area contributed by atoms with Crippen LogP contribution in [0.25, 0.3) is 22.0 Å². The van der Waals surface area contributed by atoms with E-state index in [1.807, 2.05) is 42.5 Å². The van der Waals surface area contributed by atoms with Gasteiger partial charge in [-0.3, -0.25) is 9.71 Å². The SMILES string of the molecule is O=S(=O)(Nc1ccccc1-c1nccc2ccccc12)c1ccccc1. The lowest BCUT2D eigenvalue weighted by Crippen LogP contribution is -2.13. The minimum atomic E-state index is -3.67. The van der Waals surface area contributed by atoms with Gasteiger partial charge in [0.15, 0.2) is 0 Å². The molecule has 4 nitrogen and oxygen atoms in total. The van der Waals surface area contributed by atoms with E-state index in [0.717, 1.165) is 22.0 Å². The number of benzene rings is 3. The van der Waals surface area contributed by atoms with Crippen LogP contribution in [0.1, 0.15) is 0 Å². The summed E-state index contributed by atoms with van der Waals surface area (Å²) in [5, 5.41) is 2.03. The number of para-hydroxylation sites is 1. The van der Waals surface area contributed by atoms with Crippen LogP contribution in [0.5, 0.6) is 0 Å². The first-order valence-corrected chi connectivity index (χ1v) is 9.64. The molecule has 0 atom stereocenters. The van der Waals surface area contributed by atoms with Crippen molar-refractivity contribution >= 4 is 26.5 Å². The van der Waals surface area contributed by atoms with Crippen LogP contribution in [0.15, 0.2) is 96.0 Å². The van der Waals surface area contributed by atoms with Crippen molar-refractivity contribution in [2.75, 3.05) is 4.72 Å². The Bertz CT molecular complexity index is 1170. The summed E-state index contributed by atoms with van der Waals surface area (Å²) in [6.45, 7) is 0. The second-order valence-corrected chi connectivity index (χ2v) is 7.53. The number of hydrogen-bond donors (Lipinski definition) is 1. The zero-order chi connectivity index (χ0) is 18.0. The molecule has 5 heteroatoms. The molecule has 26 heavy (non-hydrogen) atoms. The van der Waals surface area contributed by atoms with Gasteiger partial charge in [-0.15, -0.1) is 0 Å². The Morgan fingerprint density at radius 1 is 0.731 bits per heavy atom. The molecule has 0 bridgehead atoms. The topological polar surface area (TPSA) is 59.1 Å². The second kappa shape index (κ2) is 6.61. The zero-order valence-corrected chi connectivity index (χ0v) is 14.6. The van der Waals surface area contributed by atoms with Crippen LogP contribution in [0.2, 0.25) is 0 Å². The number of nitrogens with one attached hydrogen (secondary N) is 1. The molecule has 0 amide bonds. The fourth-order valence-corrected chi connectivity index (χ4v) is 4.02. The van der Waals surface area contributed by atoms with Crippen LogP contribution < -0.4 is 4.72 Å². The third kappa shape index (κ3) is 3.05. The van der Waals surface area contributed by atoms with E-state index in [-0.39, 0.29) is 4.90 Å². The molecule has 4 aromatic rings. The fraction of sp³-hybridized carbons (Fsp3) is 0. The lowest BCUT2D eigenvalue weighted by molar-refractivity contribution is 0.601. The molecule has 0 saturated heterocycles. The Morgan fingerprint density at radius 2 is 1.42 bits per heavy atom. The summed E-state index contributed by atoms with van der Waals surface area (Å²) in [4.78, 5) is 4.73. The van der Waals surface area contributed by atoms with Gasteiger partial charge >= 0.3 is 0 Å². The van der Waals surface area contributed by atoms with Gasteiger partial charge in [0.2, 0.25) is 0 Å². The van der Waals surface area contributed by atoms with Crippen molar-refractivity contribution in [2.45, 2.75) is 4.90 Å². The lowest BCUT2D eigenvalue weighted by atomic mass is 10.0. The molecule has 0 spiro atoms. The molecule has 128 valence electrons. The monoisotopic (exact) mass is 360 g/mol. The van der Waals surface area contributed by atoms with Gasteiger partial charge in [-0.2, -0.15) is 0 Å². The van der Waals surface area contributed by atoms with E-state index in [1.54, 1.807) is 48.7 Å². The summed E-state index contributed by atoms with van der Waals surface area (Å²) in [6.07, 6.45) is 1.74. The van der Waals surface area contributed by atoms with Crippen molar-refractivity contribution < 1.29 is 8.42 Å². The molecule has 0 aliphatic rings. The molecule has 0 radical (unpaired) electrons. The van der Waals surface area contributed by atoms with Crippen LogP contribution in [-0.4, -0.2) is 13.4 Å². The quantitative estimate of drug-likeness (QED) is 0.574. The van der Waals surface area contributed by atoms with Gasteiger partial charge in [-0.25, -0.2) is 8.42 Å². The molecule has 0 fully saturated rings. The standard InChI is InChI=1S/C21H16N2O2S/c24-26(25,17-9-2-1-3-10-17)23-20-13-7-6-12-19(20)21-18-11-5-4-8-16(18)14-15-22-21/h1-15,23H. The molecular weight excluding hydrogens is 344 g/mol. The third-order valence-electron chi connectivity index (χ3n) is 4.15. The highest BCUT2D eigenvalue weighted by molar-refractivity contribution is 7.92. The van der Waals surface area contributed by atoms with Crippen LogP contribution >= 0.6 is 0 Å². The predicted octanol–water partition coefficient (Wildman–Crippen LogP) is 4.70. The zero-order valence-electron chi connectivity index (χ0n) is 13.8. The van der Waals surface area contributed by atoms with E-state index < -0.39 is 10.0 Å². The van der Waals surface area contributed by atoms with Gasteiger partial charge in [-0.1, -0.05) is 60.7 Å². The Morgan fingerprint density at radius 3 is 2.27 bits per heavy atom. The number of aromatic nitrogens is 1. The highest BCUT2D eigenvalue weighted by Crippen LogP contribution is 2.32. The van der Waals surface area contributed by atoms with Crippen molar-refractivity contribution in [3.8, 4) is 11.3 Å². The summed E-state index contributed by atoms with van der Waals surface area (Å²) >= 11 is 0. The molecule has 4 rings (SSSR count). The Labute approximate surface area is 152 Å². The Kier molecular flexibility index (Phi) is 4.14. The molecule has 0 aliphatic heterocycles. The normalized spacial score (nSPS) is 11.4. The summed E-state index contributed by atoms with van der Waals surface area (Å²) in [5.41, 5.74) is 1.98. The van der Waals surface area contributed by atoms with Gasteiger partial charge in [0.25, 0.3) is 10.0 Å². The maximum absolute atomic E-state index is 12.7. The first kappa shape index (κ1) is 16.3. The van der Waals surface area contributed by atoms with Crippen molar-refractivity contribution in [2.24, 2.45) is 0 Å². The van der Waals surface area contributed by atoms with Crippen LogP contribution in [0, 0.1) is 0 Å². The van der Waals surface area contributed by atoms with Crippen molar-refractivity contribution in [3.05, 3.63) is 91.1 Å². The molecule has 0 aliphatic carbocycles. The molecule has 1 heterocycles. The number of sulfonamides is 1. The Hall–Kier alpha value is -3.18. The highest BCUT2D eigenvalue weighted by atomic mass is 32.2. The first-order chi connectivity index (χ1) is 12.6. The van der Waals surface area contributed by atoms with Gasteiger partial charge in [0, 0.05) is 17.1 Å². The predicted molar refractivity (Wildman–Crippen MR) is 104 cm³/mol. The van der Waals surface area contributed by atoms with Crippen molar-refractivity contribution in [1.29, 1.82) is 0 Å². The third-order valence-corrected chi connectivity index (χ3v) is 5.54. The number of anilines is 1. The number of hydrogen-bond acceptors (Lipinski definition) is 3. The van der Waals surface area contributed by atoms with E-state index in [1.165, 1.54) is 0 Å². The van der Waals surface area contributed by atoms with Crippen molar-refractivity contribution in [1.82, 2.24) is 4.98 Å². The van der Waals surface area contributed by atoms with Crippen molar-refractivity contribution in [3.63, 3.8) is 0 Å². The lowest BCUT2D eigenvalue weighted by Gasteiger charge is -2.13. The maximum atomic E-state index is 12.7. The van der Waals surface area contributed by atoms with E-state index >= 15 is 0 Å². The summed E-state index contributed by atoms with van der Waals surface area (Å²) in [6, 6.07) is 25.5. The fourth-order valence-electron chi connectivity index (χ4n) is 2.92. The number of nitrogens with zero attached hydrogens (tertiary/aromatic N) is 1. The first-order valence-electron chi connectivity index (χ1n) is 8.16. The number of fused-ring (bicyclic) bond motifs is 1. The molecule has 1 N–H and O–H groups in total. The molecule has 0 saturated carbocycles. The number of pyridine rings is 1. The van der Waals surface area contributed by atoms with E-state index in [4.69, 9.17) is 0 Å². The van der Waals surface area contributed by atoms with Gasteiger partial charge < -0.3 is 0 Å². The maximum Gasteiger partial charge on any atom is 0.261 e. The molecule has 3 aromatic carbocycles. The van der Waals surface area contributed by atoms with E-state index in [2.05, 4.69) is 9.71 Å². The van der Waals surface area contributed by atoms with E-state index in [9.17, 15) is 8.42 Å². The smallest absolute Gasteiger partial charge is 0.261 e. The average Bonchev–Trinajstić information content (AvgIpc) is 2.68. The summed E-state index contributed by atoms with van der Waals surface area (Å²) in [5.74, 6) is 0. The Balaban J connectivity index is 1.83. The molecule has 1 aromatic heterocycles. The van der Waals surface area contributed by atoms with E-state index in [0.29, 0.717) is 5.69 Å². The number of rotatable bonds is 4. The summed E-state index contributed by atoms with van der Waals surface area (Å²) in [7, 11) is -3.67. The van der Waals surface area contributed by atoms with Gasteiger partial charge in [0.05, 0.1) is 16.3 Å². The highest BCUT2D eigenvalue weighted by Gasteiger charge is 2.17. The van der Waals surface area contributed by atoms with Gasteiger partial charge in [0.1, 0.15) is 0 Å². The van der Waals surface area contributed by atoms with Gasteiger partial charge in [-0.05, 0) is 29.7 Å². The van der Waals surface area contributed by atoms with Crippen LogP contribution in [0.3, 0.4) is 0 Å².